The van der Waals surface area contributed by atoms with Crippen molar-refractivity contribution in [2.24, 2.45) is 5.73 Å². The third-order valence-corrected chi connectivity index (χ3v) is 5.19. The van der Waals surface area contributed by atoms with Gasteiger partial charge >= 0.3 is 5.69 Å². The molecular weight excluding hydrogens is 429 g/mol. The van der Waals surface area contributed by atoms with Gasteiger partial charge in [-0.2, -0.15) is 0 Å². The fourth-order valence-corrected chi connectivity index (χ4v) is 3.34. The summed E-state index contributed by atoms with van der Waals surface area (Å²) in [5.41, 5.74) is 9.81. The number of rotatable bonds is 9. The van der Waals surface area contributed by atoms with Gasteiger partial charge in [-0.3, -0.25) is 28.4 Å². The lowest BCUT2D eigenvalue weighted by atomic mass is 10.1. The van der Waals surface area contributed by atoms with E-state index in [4.69, 9.17) is 23.1 Å². The van der Waals surface area contributed by atoms with Gasteiger partial charge in [-0.05, 0) is 38.5 Å². The van der Waals surface area contributed by atoms with E-state index in [0.29, 0.717) is 5.56 Å². The quantitative estimate of drug-likeness (QED) is 0.540. The van der Waals surface area contributed by atoms with Crippen LogP contribution in [0.4, 0.5) is 10.2 Å². The smallest absolute Gasteiger partial charge is 0.332 e. The SMILES string of the molecule is CCn1c(=O)c(C(=O)CN(CC(N)=O)C(C)C)c(N)n(Cc2ccc(F)cc2Cl)c1=O. The van der Waals surface area contributed by atoms with E-state index in [1.54, 1.807) is 20.8 Å². The zero-order chi connectivity index (χ0) is 23.5. The molecule has 11 heteroatoms. The molecule has 0 atom stereocenters. The number of nitrogen functional groups attached to an aromatic ring is 1. The number of hydrogen-bond acceptors (Lipinski definition) is 6. The Bertz CT molecular complexity index is 1130. The number of carbonyl (C=O) groups excluding carboxylic acids is 2. The summed E-state index contributed by atoms with van der Waals surface area (Å²) in [6.45, 7) is 4.47. The first-order valence-corrected chi connectivity index (χ1v) is 9.98. The summed E-state index contributed by atoms with van der Waals surface area (Å²) < 4.78 is 15.3. The van der Waals surface area contributed by atoms with E-state index in [9.17, 15) is 23.6 Å². The molecule has 1 aromatic carbocycles. The molecule has 0 fully saturated rings. The van der Waals surface area contributed by atoms with Crippen LogP contribution in [-0.2, 0) is 17.9 Å². The summed E-state index contributed by atoms with van der Waals surface area (Å²) in [5.74, 6) is -2.16. The van der Waals surface area contributed by atoms with Crippen LogP contribution in [0.2, 0.25) is 5.02 Å². The molecule has 1 heterocycles. The van der Waals surface area contributed by atoms with Crippen molar-refractivity contribution in [3.63, 3.8) is 0 Å². The highest BCUT2D eigenvalue weighted by atomic mass is 35.5. The Labute approximate surface area is 183 Å². The van der Waals surface area contributed by atoms with Crippen molar-refractivity contribution in [3.05, 3.63) is 61.0 Å². The van der Waals surface area contributed by atoms with Crippen molar-refractivity contribution in [1.29, 1.82) is 0 Å². The molecule has 0 aliphatic rings. The fraction of sp³-hybridized carbons (Fsp3) is 0.400. The molecule has 2 aromatic rings. The van der Waals surface area contributed by atoms with E-state index in [0.717, 1.165) is 15.2 Å². The van der Waals surface area contributed by atoms with E-state index in [1.807, 2.05) is 0 Å². The molecule has 0 bridgehead atoms. The Hall–Kier alpha value is -2.98. The van der Waals surface area contributed by atoms with Crippen molar-refractivity contribution in [2.75, 3.05) is 18.8 Å². The Morgan fingerprint density at radius 2 is 1.84 bits per heavy atom. The highest BCUT2D eigenvalue weighted by molar-refractivity contribution is 6.31. The number of halogens is 2. The van der Waals surface area contributed by atoms with E-state index in [1.165, 1.54) is 17.0 Å². The van der Waals surface area contributed by atoms with Crippen LogP contribution in [-0.4, -0.2) is 44.9 Å². The topological polar surface area (TPSA) is 133 Å². The zero-order valence-electron chi connectivity index (χ0n) is 17.5. The molecule has 1 aromatic heterocycles. The standard InChI is InChI=1S/C20H25ClFN5O4/c1-4-26-19(30)17(15(28)9-25(11(2)3)10-16(23)29)18(24)27(20(26)31)8-12-5-6-13(22)7-14(12)21/h5-7,11H,4,8-10,24H2,1-3H3,(H2,23,29). The second kappa shape index (κ2) is 9.88. The third kappa shape index (κ3) is 5.39. The summed E-state index contributed by atoms with van der Waals surface area (Å²) in [6, 6.07) is 3.44. The maximum absolute atomic E-state index is 13.4. The Kier molecular flexibility index (Phi) is 7.75. The number of benzene rings is 1. The predicted octanol–water partition coefficient (Wildman–Crippen LogP) is 0.831. The number of hydrogen-bond donors (Lipinski definition) is 2. The predicted molar refractivity (Wildman–Crippen MR) is 116 cm³/mol. The second-order valence-electron chi connectivity index (χ2n) is 7.30. The van der Waals surface area contributed by atoms with Crippen LogP contribution in [0.25, 0.3) is 0 Å². The van der Waals surface area contributed by atoms with Crippen LogP contribution >= 0.6 is 11.6 Å². The number of ketones is 1. The molecule has 0 spiro atoms. The van der Waals surface area contributed by atoms with Crippen LogP contribution in [0.1, 0.15) is 36.7 Å². The summed E-state index contributed by atoms with van der Waals surface area (Å²) in [4.78, 5) is 51.5. The molecule has 0 saturated heterocycles. The van der Waals surface area contributed by atoms with E-state index < -0.39 is 28.8 Å². The second-order valence-corrected chi connectivity index (χ2v) is 7.71. The molecule has 0 unspecified atom stereocenters. The van der Waals surface area contributed by atoms with Crippen LogP contribution in [0.3, 0.4) is 0 Å². The van der Waals surface area contributed by atoms with Crippen molar-refractivity contribution in [2.45, 2.75) is 39.9 Å². The Balaban J connectivity index is 2.59. The number of anilines is 1. The first-order chi connectivity index (χ1) is 14.5. The number of carbonyl (C=O) groups is 2. The molecule has 31 heavy (non-hydrogen) atoms. The van der Waals surface area contributed by atoms with Crippen LogP contribution in [0.5, 0.6) is 0 Å². The third-order valence-electron chi connectivity index (χ3n) is 4.84. The van der Waals surface area contributed by atoms with Crippen molar-refractivity contribution in [3.8, 4) is 0 Å². The molecule has 0 aliphatic carbocycles. The number of nitrogens with zero attached hydrogens (tertiary/aromatic N) is 3. The van der Waals surface area contributed by atoms with Gasteiger partial charge in [0.05, 0.1) is 19.6 Å². The Morgan fingerprint density at radius 1 is 1.19 bits per heavy atom. The van der Waals surface area contributed by atoms with Gasteiger partial charge in [0.2, 0.25) is 5.91 Å². The lowest BCUT2D eigenvalue weighted by molar-refractivity contribution is -0.119. The highest BCUT2D eigenvalue weighted by Crippen LogP contribution is 2.19. The van der Waals surface area contributed by atoms with E-state index in [-0.39, 0.29) is 48.6 Å². The molecule has 1 amide bonds. The lowest BCUT2D eigenvalue weighted by Gasteiger charge is -2.24. The number of primary amides is 1. The molecule has 2 rings (SSSR count). The maximum Gasteiger partial charge on any atom is 0.332 e. The molecule has 0 radical (unpaired) electrons. The minimum atomic E-state index is -0.820. The number of aromatic nitrogens is 2. The van der Waals surface area contributed by atoms with Gasteiger partial charge in [-0.25, -0.2) is 9.18 Å². The highest BCUT2D eigenvalue weighted by Gasteiger charge is 2.25. The molecule has 4 N–H and O–H groups in total. The normalized spacial score (nSPS) is 11.3. The van der Waals surface area contributed by atoms with Crippen molar-refractivity contribution in [1.82, 2.24) is 14.0 Å². The van der Waals surface area contributed by atoms with Crippen molar-refractivity contribution < 1.29 is 14.0 Å². The number of amides is 1. The van der Waals surface area contributed by atoms with Crippen LogP contribution in [0, 0.1) is 5.82 Å². The van der Waals surface area contributed by atoms with Gasteiger partial charge in [-0.1, -0.05) is 17.7 Å². The van der Waals surface area contributed by atoms with Crippen LogP contribution < -0.4 is 22.7 Å². The zero-order valence-corrected chi connectivity index (χ0v) is 18.3. The monoisotopic (exact) mass is 453 g/mol. The first kappa shape index (κ1) is 24.3. The Morgan fingerprint density at radius 3 is 2.35 bits per heavy atom. The van der Waals surface area contributed by atoms with E-state index in [2.05, 4.69) is 0 Å². The van der Waals surface area contributed by atoms with Crippen LogP contribution in [0.15, 0.2) is 27.8 Å². The van der Waals surface area contributed by atoms with Gasteiger partial charge in [0.15, 0.2) is 5.78 Å². The minimum absolute atomic E-state index is 0.00452. The average Bonchev–Trinajstić information content (AvgIpc) is 2.66. The maximum atomic E-state index is 13.4. The van der Waals surface area contributed by atoms with Gasteiger partial charge < -0.3 is 11.5 Å². The van der Waals surface area contributed by atoms with Gasteiger partial charge in [0.1, 0.15) is 17.2 Å². The summed E-state index contributed by atoms with van der Waals surface area (Å²) in [7, 11) is 0. The first-order valence-electron chi connectivity index (χ1n) is 9.60. The summed E-state index contributed by atoms with van der Waals surface area (Å²) in [6.07, 6.45) is 0. The molecule has 0 saturated carbocycles. The molecule has 0 aliphatic heterocycles. The van der Waals surface area contributed by atoms with E-state index >= 15 is 0 Å². The van der Waals surface area contributed by atoms with Gasteiger partial charge in [0, 0.05) is 17.6 Å². The molecule has 168 valence electrons. The van der Waals surface area contributed by atoms with Gasteiger partial charge in [-0.15, -0.1) is 0 Å². The number of nitrogens with two attached hydrogens (primary N) is 2. The van der Waals surface area contributed by atoms with Gasteiger partial charge in [0.25, 0.3) is 5.56 Å². The molecule has 9 nitrogen and oxygen atoms in total. The lowest BCUT2D eigenvalue weighted by Crippen LogP contribution is -2.47. The average molecular weight is 454 g/mol. The fourth-order valence-electron chi connectivity index (χ4n) is 3.11. The summed E-state index contributed by atoms with van der Waals surface area (Å²) in [5, 5.41) is 0.0702. The minimum Gasteiger partial charge on any atom is -0.384 e. The number of Topliss-reactive ketones (excluding diaryl/α,β-unsaturated/α-hetero) is 1. The van der Waals surface area contributed by atoms with Crippen molar-refractivity contribution >= 4 is 29.1 Å². The largest absolute Gasteiger partial charge is 0.384 e. The molecular formula is C20H25ClFN5O4. The summed E-state index contributed by atoms with van der Waals surface area (Å²) >= 11 is 6.06.